The Morgan fingerprint density at radius 2 is 1.85 bits per heavy atom. The van der Waals surface area contributed by atoms with Gasteiger partial charge in [0.1, 0.15) is 28.5 Å². The molecule has 2 heterocycles. The van der Waals surface area contributed by atoms with Crippen LogP contribution in [-0.2, 0) is 27.2 Å². The van der Waals surface area contributed by atoms with Gasteiger partial charge in [0.2, 0.25) is 11.8 Å². The molecule has 0 bridgehead atoms. The average molecular weight is 731 g/mol. The van der Waals surface area contributed by atoms with Gasteiger partial charge in [0.05, 0.1) is 29.4 Å². The monoisotopic (exact) mass is 730 g/mol. The van der Waals surface area contributed by atoms with E-state index in [1.807, 2.05) is 6.07 Å². The van der Waals surface area contributed by atoms with E-state index in [2.05, 4.69) is 15.5 Å². The molecule has 0 spiro atoms. The van der Waals surface area contributed by atoms with E-state index in [4.69, 9.17) is 9.15 Å². The van der Waals surface area contributed by atoms with Crippen LogP contribution in [0.2, 0.25) is 0 Å². The molecule has 0 fully saturated rings. The van der Waals surface area contributed by atoms with Crippen molar-refractivity contribution in [1.29, 1.82) is 5.26 Å². The summed E-state index contributed by atoms with van der Waals surface area (Å²) in [5, 5.41) is 19.8. The lowest BCUT2D eigenvalue weighted by atomic mass is 9.90. The van der Waals surface area contributed by atoms with Gasteiger partial charge < -0.3 is 24.3 Å². The molecule has 1 aliphatic heterocycles. The average Bonchev–Trinajstić information content (AvgIpc) is 3.52. The Morgan fingerprint density at radius 1 is 1.19 bits per heavy atom. The molecule has 2 amide bonds. The molecule has 280 valence electrons. The Balaban J connectivity index is 0.00000756. The van der Waals surface area contributed by atoms with Crippen molar-refractivity contribution in [3.63, 3.8) is 0 Å². The molecule has 1 aromatic heterocycles. The Morgan fingerprint density at radius 3 is 2.42 bits per heavy atom. The minimum Gasteiger partial charge on any atom is -0.444 e. The van der Waals surface area contributed by atoms with Crippen molar-refractivity contribution in [2.75, 3.05) is 16.8 Å². The zero-order chi connectivity index (χ0) is 38.8. The van der Waals surface area contributed by atoms with Crippen LogP contribution in [0.15, 0.2) is 64.7 Å². The molecule has 15 heteroatoms. The normalized spacial score (nSPS) is 18.5. The Kier molecular flexibility index (Phi) is 11.2. The van der Waals surface area contributed by atoms with Crippen molar-refractivity contribution in [2.45, 2.75) is 96.8 Å². The number of carbonyl (C=O) groups is 2. The number of rotatable bonds is 9. The molecule has 0 radical (unpaired) electrons. The van der Waals surface area contributed by atoms with Crippen LogP contribution >= 0.6 is 0 Å². The quantitative estimate of drug-likeness (QED) is 0.171. The second-order valence-corrected chi connectivity index (χ2v) is 14.2. The van der Waals surface area contributed by atoms with E-state index in [9.17, 15) is 28.0 Å². The maximum atomic E-state index is 16.6. The summed E-state index contributed by atoms with van der Waals surface area (Å²) in [5.74, 6) is -2.04. The number of nitrogens with zero attached hydrogens (tertiary/aromatic N) is 5. The first-order valence-electron chi connectivity index (χ1n) is 16.4. The number of hydrogen-bond acceptors (Lipinski definition) is 8. The van der Waals surface area contributed by atoms with Gasteiger partial charge in [-0.3, -0.25) is 4.79 Å². The van der Waals surface area contributed by atoms with Gasteiger partial charge in [-0.1, -0.05) is 25.1 Å². The minimum absolute atomic E-state index is 0. The van der Waals surface area contributed by atoms with Crippen molar-refractivity contribution < 1.29 is 42.1 Å². The Hall–Kier alpha value is -5.26. The van der Waals surface area contributed by atoms with Gasteiger partial charge in [-0.25, -0.2) is 13.6 Å². The first-order chi connectivity index (χ1) is 24.1. The van der Waals surface area contributed by atoms with Crippen molar-refractivity contribution in [3.8, 4) is 17.5 Å². The highest BCUT2D eigenvalue weighted by Gasteiger charge is 2.44. The molecule has 52 heavy (non-hydrogen) atoms. The number of ether oxygens (including phenoxy) is 1. The summed E-state index contributed by atoms with van der Waals surface area (Å²) in [6.45, 7) is 10.5. The number of alkyl halides is 4. The predicted molar refractivity (Wildman–Crippen MR) is 186 cm³/mol. The highest BCUT2D eigenvalue weighted by Crippen LogP contribution is 2.44. The first-order valence-corrected chi connectivity index (χ1v) is 16.4. The molecule has 2 aromatic carbocycles. The van der Waals surface area contributed by atoms with E-state index in [0.29, 0.717) is 11.3 Å². The highest BCUT2D eigenvalue weighted by molar-refractivity contribution is 6.01. The van der Waals surface area contributed by atoms with E-state index < -0.39 is 58.7 Å². The van der Waals surface area contributed by atoms with Crippen LogP contribution in [0.1, 0.15) is 79.8 Å². The minimum atomic E-state index is -4.51. The molecular weight excluding hydrogens is 687 g/mol. The third-order valence-electron chi connectivity index (χ3n) is 8.16. The number of amides is 2. The van der Waals surface area contributed by atoms with E-state index in [1.54, 1.807) is 59.0 Å². The fraction of sp³-hybridized carbons (Fsp3) is 0.432. The van der Waals surface area contributed by atoms with Crippen LogP contribution in [-0.4, -0.2) is 47.1 Å². The smallest absolute Gasteiger partial charge is 0.416 e. The Labute approximate surface area is 300 Å². The molecule has 4 rings (SSSR count). The standard InChI is InChI=1S/C37H41F5N6O4.H2/c1-9-10-23(37(40,41)42)15-16-47(8)24-13-11-22(12-14-24)20-48-29-17-25(30-45-46-32(51-30)35(5,6)21-43)27(38)18-26(29)36(7,39)19-28(31(48)49)44-33(50)52-34(2,3)4;/h10-18,28H,9,19-20H2,1-8H3,(H,44,50);1H/b16-15-,23-10-;/t28-,36?;/m1./s1. The van der Waals surface area contributed by atoms with Gasteiger partial charge in [0, 0.05) is 32.3 Å². The fourth-order valence-electron chi connectivity index (χ4n) is 5.41. The predicted octanol–water partition coefficient (Wildman–Crippen LogP) is 8.79. The topological polar surface area (TPSA) is 125 Å². The molecule has 0 saturated carbocycles. The summed E-state index contributed by atoms with van der Waals surface area (Å²) in [6.07, 6.45) is -2.49. The molecule has 1 aliphatic rings. The zero-order valence-corrected chi connectivity index (χ0v) is 30.2. The number of anilines is 2. The summed E-state index contributed by atoms with van der Waals surface area (Å²) < 4.78 is 83.5. The van der Waals surface area contributed by atoms with E-state index in [1.165, 1.54) is 42.8 Å². The van der Waals surface area contributed by atoms with Gasteiger partial charge in [-0.15, -0.1) is 10.2 Å². The molecule has 0 aliphatic carbocycles. The lowest BCUT2D eigenvalue weighted by Gasteiger charge is -2.27. The number of nitrogens with one attached hydrogen (secondary N) is 1. The van der Waals surface area contributed by atoms with Crippen LogP contribution < -0.4 is 15.1 Å². The summed E-state index contributed by atoms with van der Waals surface area (Å²) >= 11 is 0. The summed E-state index contributed by atoms with van der Waals surface area (Å²) in [5.41, 5.74) is -4.69. The lowest BCUT2D eigenvalue weighted by molar-refractivity contribution is -0.121. The number of halogens is 5. The van der Waals surface area contributed by atoms with Gasteiger partial charge in [0.15, 0.2) is 0 Å². The fourth-order valence-corrected chi connectivity index (χ4v) is 5.41. The SMILES string of the molecule is CC/C=C(/C=C\N(C)c1ccc(CN2C(=O)[C@H](NC(=O)OC(C)(C)C)CC(C)(F)c3cc(F)c(-c4nnc(C(C)(C)C#N)o4)cc32)cc1)C(F)(F)F.[HH]. The number of carbonyl (C=O) groups excluding carboxylic acids is 2. The molecule has 1 N–H and O–H groups in total. The van der Waals surface area contributed by atoms with E-state index >= 15 is 8.78 Å². The second-order valence-electron chi connectivity index (χ2n) is 14.2. The highest BCUT2D eigenvalue weighted by atomic mass is 19.4. The summed E-state index contributed by atoms with van der Waals surface area (Å²) in [6, 6.07) is 9.25. The van der Waals surface area contributed by atoms with Crippen LogP contribution in [0.5, 0.6) is 0 Å². The van der Waals surface area contributed by atoms with Crippen molar-refractivity contribution in [2.24, 2.45) is 0 Å². The second kappa shape index (κ2) is 14.8. The van der Waals surface area contributed by atoms with Crippen molar-refractivity contribution in [3.05, 3.63) is 83.2 Å². The number of hydrogen-bond donors (Lipinski definition) is 1. The maximum Gasteiger partial charge on any atom is 0.416 e. The van der Waals surface area contributed by atoms with E-state index in [0.717, 1.165) is 18.2 Å². The third-order valence-corrected chi connectivity index (χ3v) is 8.16. The lowest BCUT2D eigenvalue weighted by Crippen LogP contribution is -2.50. The molecular formula is C37H43F5N6O4. The number of alkyl carbamates (subject to hydrolysis) is 1. The van der Waals surface area contributed by atoms with Crippen LogP contribution in [0.3, 0.4) is 0 Å². The zero-order valence-electron chi connectivity index (χ0n) is 30.2. The molecule has 1 unspecified atom stereocenters. The van der Waals surface area contributed by atoms with Gasteiger partial charge in [-0.2, -0.15) is 18.4 Å². The van der Waals surface area contributed by atoms with Gasteiger partial charge >= 0.3 is 12.3 Å². The molecule has 0 saturated heterocycles. The number of allylic oxidation sites excluding steroid dienone is 3. The number of aromatic nitrogens is 2. The molecule has 2 atom stereocenters. The van der Waals surface area contributed by atoms with Crippen molar-refractivity contribution >= 4 is 23.4 Å². The number of nitriles is 1. The van der Waals surface area contributed by atoms with Crippen LogP contribution in [0.25, 0.3) is 11.5 Å². The van der Waals surface area contributed by atoms with E-state index in [-0.39, 0.29) is 43.0 Å². The third kappa shape index (κ3) is 9.15. The summed E-state index contributed by atoms with van der Waals surface area (Å²) in [4.78, 5) is 29.8. The number of fused-ring (bicyclic) bond motifs is 1. The molecule has 10 nitrogen and oxygen atoms in total. The van der Waals surface area contributed by atoms with Crippen LogP contribution in [0, 0.1) is 17.1 Å². The van der Waals surface area contributed by atoms with Gasteiger partial charge in [-0.05, 0) is 83.9 Å². The Bertz CT molecular complexity index is 1910. The summed E-state index contributed by atoms with van der Waals surface area (Å²) in [7, 11) is 1.58. The van der Waals surface area contributed by atoms with Crippen LogP contribution in [0.4, 0.5) is 38.1 Å². The van der Waals surface area contributed by atoms with Gasteiger partial charge in [0.25, 0.3) is 5.89 Å². The maximum absolute atomic E-state index is 16.6. The van der Waals surface area contributed by atoms with Crippen molar-refractivity contribution in [1.82, 2.24) is 15.5 Å². The largest absolute Gasteiger partial charge is 0.444 e. The number of benzene rings is 2. The molecule has 3 aromatic rings. The first kappa shape index (κ1) is 39.5.